The lowest BCUT2D eigenvalue weighted by molar-refractivity contribution is -0.136. The van der Waals surface area contributed by atoms with Crippen LogP contribution in [0.4, 0.5) is 5.69 Å². The van der Waals surface area contributed by atoms with Gasteiger partial charge in [-0.3, -0.25) is 9.59 Å². The van der Waals surface area contributed by atoms with Crippen molar-refractivity contribution in [3.05, 3.63) is 59.7 Å². The van der Waals surface area contributed by atoms with E-state index in [1.165, 1.54) is 28.6 Å². The smallest absolute Gasteiger partial charge is 0.307 e. The van der Waals surface area contributed by atoms with Crippen LogP contribution < -0.4 is 5.32 Å². The molecule has 0 fully saturated rings. The zero-order valence-electron chi connectivity index (χ0n) is 15.2. The number of nitrogens with zero attached hydrogens (tertiary/aromatic N) is 1. The van der Waals surface area contributed by atoms with Gasteiger partial charge in [0.15, 0.2) is 0 Å². The normalized spacial score (nSPS) is 11.4. The van der Waals surface area contributed by atoms with Gasteiger partial charge in [-0.15, -0.1) is 0 Å². The Balaban J connectivity index is 2.24. The second-order valence-electron chi connectivity index (χ2n) is 5.84. The van der Waals surface area contributed by atoms with E-state index >= 15 is 0 Å². The second kappa shape index (κ2) is 8.79. The summed E-state index contributed by atoms with van der Waals surface area (Å²) in [4.78, 5) is 23.4. The third-order valence-corrected chi connectivity index (χ3v) is 6.03. The Kier molecular flexibility index (Phi) is 6.70. The van der Waals surface area contributed by atoms with Gasteiger partial charge in [0, 0.05) is 24.3 Å². The lowest BCUT2D eigenvalue weighted by atomic mass is 10.1. The molecule has 0 atom stereocenters. The molecule has 0 aliphatic carbocycles. The third kappa shape index (κ3) is 5.15. The van der Waals surface area contributed by atoms with Crippen LogP contribution in [-0.2, 0) is 21.2 Å². The van der Waals surface area contributed by atoms with Crippen LogP contribution in [0.3, 0.4) is 0 Å². The molecule has 0 aliphatic heterocycles. The summed E-state index contributed by atoms with van der Waals surface area (Å²) in [7, 11) is -3.66. The van der Waals surface area contributed by atoms with E-state index in [1.54, 1.807) is 38.1 Å². The first-order valence-corrected chi connectivity index (χ1v) is 9.94. The number of hydrogen-bond acceptors (Lipinski definition) is 4. The number of hydrogen-bond donors (Lipinski definition) is 2. The van der Waals surface area contributed by atoms with Gasteiger partial charge in [-0.25, -0.2) is 8.42 Å². The van der Waals surface area contributed by atoms with Crippen LogP contribution in [-0.4, -0.2) is 42.8 Å². The Morgan fingerprint density at radius 3 is 2.33 bits per heavy atom. The number of rotatable bonds is 8. The molecule has 0 saturated carbocycles. The van der Waals surface area contributed by atoms with Gasteiger partial charge >= 0.3 is 5.97 Å². The van der Waals surface area contributed by atoms with Gasteiger partial charge in [-0.05, 0) is 35.9 Å². The molecule has 0 aromatic heterocycles. The highest BCUT2D eigenvalue weighted by Gasteiger charge is 2.22. The van der Waals surface area contributed by atoms with Crippen molar-refractivity contribution in [2.45, 2.75) is 25.2 Å². The SMILES string of the molecule is CCN(CC)S(=O)(=O)c1cccc(C(=O)Nc2cccc(CC(=O)O)c2)c1. The topological polar surface area (TPSA) is 104 Å². The fourth-order valence-corrected chi connectivity index (χ4v) is 4.15. The molecular weight excluding hydrogens is 368 g/mol. The molecule has 0 spiro atoms. The number of amides is 1. The largest absolute Gasteiger partial charge is 0.481 e. The van der Waals surface area contributed by atoms with E-state index in [1.807, 2.05) is 0 Å². The molecule has 1 amide bonds. The van der Waals surface area contributed by atoms with Crippen molar-refractivity contribution in [2.75, 3.05) is 18.4 Å². The van der Waals surface area contributed by atoms with Crippen LogP contribution in [0.2, 0.25) is 0 Å². The lowest BCUT2D eigenvalue weighted by Gasteiger charge is -2.18. The van der Waals surface area contributed by atoms with Gasteiger partial charge < -0.3 is 10.4 Å². The Morgan fingerprint density at radius 2 is 1.70 bits per heavy atom. The maximum atomic E-state index is 12.6. The van der Waals surface area contributed by atoms with E-state index in [4.69, 9.17) is 5.11 Å². The Hall–Kier alpha value is -2.71. The van der Waals surface area contributed by atoms with Crippen molar-refractivity contribution in [1.29, 1.82) is 0 Å². The summed E-state index contributed by atoms with van der Waals surface area (Å²) in [6.07, 6.45) is -0.151. The van der Waals surface area contributed by atoms with E-state index in [-0.39, 0.29) is 16.9 Å². The van der Waals surface area contributed by atoms with E-state index in [2.05, 4.69) is 5.32 Å². The minimum atomic E-state index is -3.66. The predicted molar refractivity (Wildman–Crippen MR) is 102 cm³/mol. The first-order chi connectivity index (χ1) is 12.8. The standard InChI is InChI=1S/C19H22N2O5S/c1-3-21(4-2)27(25,26)17-10-6-8-15(13-17)19(24)20-16-9-5-7-14(11-16)12-18(22)23/h5-11,13H,3-4,12H2,1-2H3,(H,20,24)(H,22,23). The van der Waals surface area contributed by atoms with Crippen molar-refractivity contribution < 1.29 is 23.1 Å². The molecule has 144 valence electrons. The highest BCUT2D eigenvalue weighted by atomic mass is 32.2. The van der Waals surface area contributed by atoms with Gasteiger partial charge in [0.2, 0.25) is 10.0 Å². The van der Waals surface area contributed by atoms with Crippen LogP contribution in [0, 0.1) is 0 Å². The molecule has 7 nitrogen and oxygen atoms in total. The number of carbonyl (C=O) groups is 2. The molecule has 8 heteroatoms. The van der Waals surface area contributed by atoms with Crippen molar-refractivity contribution in [3.63, 3.8) is 0 Å². The monoisotopic (exact) mass is 390 g/mol. The van der Waals surface area contributed by atoms with E-state index in [0.29, 0.717) is 24.3 Å². The maximum absolute atomic E-state index is 12.6. The van der Waals surface area contributed by atoms with Crippen LogP contribution >= 0.6 is 0 Å². The molecule has 0 unspecified atom stereocenters. The first-order valence-electron chi connectivity index (χ1n) is 8.50. The number of nitrogens with one attached hydrogen (secondary N) is 1. The number of aliphatic carboxylic acids is 1. The number of carboxylic acid groups (broad SMARTS) is 1. The molecule has 2 aromatic rings. The predicted octanol–water partition coefficient (Wildman–Crippen LogP) is 2.60. The molecule has 0 bridgehead atoms. The summed E-state index contributed by atoms with van der Waals surface area (Å²) in [5.74, 6) is -1.44. The lowest BCUT2D eigenvalue weighted by Crippen LogP contribution is -2.30. The molecule has 27 heavy (non-hydrogen) atoms. The summed E-state index contributed by atoms with van der Waals surface area (Å²) in [6, 6.07) is 12.4. The number of anilines is 1. The van der Waals surface area contributed by atoms with Crippen LogP contribution in [0.5, 0.6) is 0 Å². The first kappa shape index (κ1) is 20.6. The number of benzene rings is 2. The van der Waals surface area contributed by atoms with Gasteiger partial charge in [-0.1, -0.05) is 32.0 Å². The minimum Gasteiger partial charge on any atom is -0.481 e. The number of sulfonamides is 1. The van der Waals surface area contributed by atoms with Crippen molar-refractivity contribution in [2.24, 2.45) is 0 Å². The Morgan fingerprint density at radius 1 is 1.04 bits per heavy atom. The second-order valence-corrected chi connectivity index (χ2v) is 7.78. The molecule has 2 N–H and O–H groups in total. The summed E-state index contributed by atoms with van der Waals surface area (Å²) < 4.78 is 26.5. The summed E-state index contributed by atoms with van der Waals surface area (Å²) in [5.41, 5.74) is 1.20. The summed E-state index contributed by atoms with van der Waals surface area (Å²) in [6.45, 7) is 4.18. The molecule has 2 aromatic carbocycles. The summed E-state index contributed by atoms with van der Waals surface area (Å²) in [5, 5.41) is 11.5. The van der Waals surface area contributed by atoms with Crippen molar-refractivity contribution >= 4 is 27.6 Å². The van der Waals surface area contributed by atoms with Crippen LogP contribution in [0.25, 0.3) is 0 Å². The average molecular weight is 390 g/mol. The number of carboxylic acids is 1. The van der Waals surface area contributed by atoms with E-state index < -0.39 is 21.9 Å². The molecular formula is C19H22N2O5S. The summed E-state index contributed by atoms with van der Waals surface area (Å²) >= 11 is 0. The molecule has 0 radical (unpaired) electrons. The van der Waals surface area contributed by atoms with E-state index in [0.717, 1.165) is 0 Å². The Bertz CT molecular complexity index is 937. The van der Waals surface area contributed by atoms with Gasteiger partial charge in [0.25, 0.3) is 5.91 Å². The van der Waals surface area contributed by atoms with Gasteiger partial charge in [0.1, 0.15) is 0 Å². The fraction of sp³-hybridized carbons (Fsp3) is 0.263. The quantitative estimate of drug-likeness (QED) is 0.721. The van der Waals surface area contributed by atoms with Gasteiger partial charge in [0.05, 0.1) is 11.3 Å². The Labute approximate surface area is 158 Å². The molecule has 2 rings (SSSR count). The highest BCUT2D eigenvalue weighted by Crippen LogP contribution is 2.18. The zero-order chi connectivity index (χ0) is 20.0. The third-order valence-electron chi connectivity index (χ3n) is 3.98. The van der Waals surface area contributed by atoms with E-state index in [9.17, 15) is 18.0 Å². The van der Waals surface area contributed by atoms with Crippen molar-refractivity contribution in [1.82, 2.24) is 4.31 Å². The molecule has 0 heterocycles. The molecule has 0 aliphatic rings. The highest BCUT2D eigenvalue weighted by molar-refractivity contribution is 7.89. The maximum Gasteiger partial charge on any atom is 0.307 e. The average Bonchev–Trinajstić information content (AvgIpc) is 2.62. The van der Waals surface area contributed by atoms with Crippen LogP contribution in [0.15, 0.2) is 53.4 Å². The van der Waals surface area contributed by atoms with Crippen LogP contribution in [0.1, 0.15) is 29.8 Å². The number of carbonyl (C=O) groups excluding carboxylic acids is 1. The van der Waals surface area contributed by atoms with Gasteiger partial charge in [-0.2, -0.15) is 4.31 Å². The fourth-order valence-electron chi connectivity index (χ4n) is 2.65. The zero-order valence-corrected chi connectivity index (χ0v) is 16.0. The minimum absolute atomic E-state index is 0.0541. The van der Waals surface area contributed by atoms with Crippen molar-refractivity contribution in [3.8, 4) is 0 Å². The molecule has 0 saturated heterocycles.